The Morgan fingerprint density at radius 3 is 2.74 bits per heavy atom. The Morgan fingerprint density at radius 1 is 1.37 bits per heavy atom. The Balaban J connectivity index is 1.77. The maximum Gasteiger partial charge on any atom is 0.316 e. The van der Waals surface area contributed by atoms with E-state index in [1.807, 2.05) is 0 Å². The molecule has 0 spiro atoms. The first kappa shape index (κ1) is 12.5. The van der Waals surface area contributed by atoms with Gasteiger partial charge in [-0.05, 0) is 42.7 Å². The van der Waals surface area contributed by atoms with Gasteiger partial charge >= 0.3 is 6.03 Å². The largest absolute Gasteiger partial charge is 0.373 e. The van der Waals surface area contributed by atoms with Crippen molar-refractivity contribution in [1.29, 1.82) is 0 Å². The molecular weight excluding hydrogens is 240 g/mol. The predicted molar refractivity (Wildman–Crippen MR) is 72.4 cm³/mol. The predicted octanol–water partition coefficient (Wildman–Crippen LogP) is 1.82. The van der Waals surface area contributed by atoms with Crippen molar-refractivity contribution < 1.29 is 9.90 Å². The summed E-state index contributed by atoms with van der Waals surface area (Å²) in [5, 5.41) is 10.2. The average Bonchev–Trinajstić information content (AvgIpc) is 2.90. The molecule has 1 aromatic carbocycles. The number of urea groups is 1. The minimum absolute atomic E-state index is 0.178. The van der Waals surface area contributed by atoms with Crippen LogP contribution in [-0.2, 0) is 0 Å². The van der Waals surface area contributed by atoms with Crippen molar-refractivity contribution in [3.8, 4) is 0 Å². The van der Waals surface area contributed by atoms with Gasteiger partial charge < -0.3 is 10.8 Å². The summed E-state index contributed by atoms with van der Waals surface area (Å²) in [5.41, 5.74) is 7.99. The van der Waals surface area contributed by atoms with E-state index in [4.69, 9.17) is 5.73 Å². The second kappa shape index (κ2) is 4.53. The number of primary amides is 1. The number of fused-ring (bicyclic) bond motifs is 1. The van der Waals surface area contributed by atoms with E-state index in [0.29, 0.717) is 18.4 Å². The summed E-state index contributed by atoms with van der Waals surface area (Å²) < 4.78 is 0. The Hall–Kier alpha value is -1.55. The number of aliphatic hydroxyl groups excluding tert-OH is 1. The van der Waals surface area contributed by atoms with Crippen LogP contribution in [0.25, 0.3) is 0 Å². The van der Waals surface area contributed by atoms with E-state index in [-0.39, 0.29) is 5.92 Å². The second-order valence-electron chi connectivity index (χ2n) is 5.85. The fourth-order valence-electron chi connectivity index (χ4n) is 3.84. The van der Waals surface area contributed by atoms with Crippen molar-refractivity contribution in [1.82, 2.24) is 4.90 Å². The van der Waals surface area contributed by atoms with Crippen LogP contribution in [0.2, 0.25) is 0 Å². The van der Waals surface area contributed by atoms with Gasteiger partial charge in [-0.3, -0.25) is 4.90 Å². The number of aryl methyl sites for hydroxylation is 1. The van der Waals surface area contributed by atoms with Crippen LogP contribution in [0.15, 0.2) is 24.3 Å². The van der Waals surface area contributed by atoms with Gasteiger partial charge in [0.25, 0.3) is 0 Å². The van der Waals surface area contributed by atoms with Crippen LogP contribution in [-0.4, -0.2) is 28.8 Å². The first-order chi connectivity index (χ1) is 9.08. The molecule has 4 unspecified atom stereocenters. The fourth-order valence-corrected chi connectivity index (χ4v) is 3.84. The van der Waals surface area contributed by atoms with Gasteiger partial charge in [-0.2, -0.15) is 0 Å². The number of benzene rings is 1. The monoisotopic (exact) mass is 260 g/mol. The minimum atomic E-state index is -0.698. The third kappa shape index (κ3) is 2.00. The lowest BCUT2D eigenvalue weighted by molar-refractivity contribution is 0.0310. The number of hydrogen-bond acceptors (Lipinski definition) is 2. The molecule has 1 aliphatic heterocycles. The van der Waals surface area contributed by atoms with Crippen LogP contribution < -0.4 is 5.73 Å². The quantitative estimate of drug-likeness (QED) is 0.808. The van der Waals surface area contributed by atoms with Crippen molar-refractivity contribution in [2.24, 2.45) is 17.6 Å². The smallest absolute Gasteiger partial charge is 0.316 e. The molecule has 1 heterocycles. The molecule has 4 atom stereocenters. The number of nitrogens with two attached hydrogens (primary N) is 1. The van der Waals surface area contributed by atoms with Gasteiger partial charge in [-0.1, -0.05) is 24.3 Å². The van der Waals surface area contributed by atoms with E-state index in [1.54, 1.807) is 0 Å². The molecule has 4 nitrogen and oxygen atoms in total. The van der Waals surface area contributed by atoms with Gasteiger partial charge in [0.05, 0.1) is 0 Å². The molecular formula is C15H20N2O2. The third-order valence-corrected chi connectivity index (χ3v) is 4.79. The highest BCUT2D eigenvalue weighted by molar-refractivity contribution is 5.72. The number of carbonyl (C=O) groups excluding carboxylic acids is 1. The fraction of sp³-hybridized carbons (Fsp3) is 0.533. The second-order valence-corrected chi connectivity index (χ2v) is 5.85. The molecule has 2 aliphatic rings. The minimum Gasteiger partial charge on any atom is -0.373 e. The Morgan fingerprint density at radius 2 is 2.11 bits per heavy atom. The average molecular weight is 260 g/mol. The highest BCUT2D eigenvalue weighted by Crippen LogP contribution is 2.48. The Bertz CT molecular complexity index is 503. The third-order valence-electron chi connectivity index (χ3n) is 4.79. The zero-order valence-electron chi connectivity index (χ0n) is 11.1. The first-order valence-electron chi connectivity index (χ1n) is 6.87. The van der Waals surface area contributed by atoms with E-state index in [0.717, 1.165) is 12.8 Å². The summed E-state index contributed by atoms with van der Waals surface area (Å²) in [4.78, 5) is 12.6. The van der Waals surface area contributed by atoms with Gasteiger partial charge in [-0.25, -0.2) is 4.79 Å². The zero-order valence-corrected chi connectivity index (χ0v) is 11.1. The number of amides is 2. The van der Waals surface area contributed by atoms with E-state index in [9.17, 15) is 9.90 Å². The van der Waals surface area contributed by atoms with Gasteiger partial charge in [0.2, 0.25) is 0 Å². The Labute approximate surface area is 113 Å². The molecule has 0 radical (unpaired) electrons. The van der Waals surface area contributed by atoms with Crippen LogP contribution in [0.1, 0.15) is 29.9 Å². The van der Waals surface area contributed by atoms with E-state index >= 15 is 0 Å². The number of aliphatic hydroxyl groups is 1. The number of rotatable bonds is 1. The molecule has 3 rings (SSSR count). The number of carbonyl (C=O) groups is 1. The van der Waals surface area contributed by atoms with Gasteiger partial charge in [0.1, 0.15) is 6.23 Å². The topological polar surface area (TPSA) is 66.6 Å². The molecule has 1 saturated heterocycles. The standard InChI is InChI=1S/C15H20N2O2/c1-9-4-2-3-5-12(9)10-6-11-8-17(15(16)19)14(18)13(11)7-10/h2-5,10-11,13-14,18H,6-8H2,1H3,(H2,16,19). The van der Waals surface area contributed by atoms with Gasteiger partial charge in [-0.15, -0.1) is 0 Å². The summed E-state index contributed by atoms with van der Waals surface area (Å²) in [6.07, 6.45) is 1.29. The molecule has 2 amide bonds. The number of nitrogens with zero attached hydrogens (tertiary/aromatic N) is 1. The zero-order chi connectivity index (χ0) is 13.6. The molecule has 4 heteroatoms. The summed E-state index contributed by atoms with van der Waals surface area (Å²) in [6.45, 7) is 2.74. The van der Waals surface area contributed by atoms with Crippen LogP contribution in [0.5, 0.6) is 0 Å². The van der Waals surface area contributed by atoms with Crippen LogP contribution in [0, 0.1) is 18.8 Å². The number of likely N-dealkylation sites (tertiary alicyclic amines) is 1. The van der Waals surface area contributed by atoms with E-state index in [2.05, 4.69) is 31.2 Å². The highest BCUT2D eigenvalue weighted by Gasteiger charge is 2.48. The van der Waals surface area contributed by atoms with Crippen molar-refractivity contribution in [2.45, 2.75) is 31.9 Å². The van der Waals surface area contributed by atoms with Crippen molar-refractivity contribution in [3.05, 3.63) is 35.4 Å². The first-order valence-corrected chi connectivity index (χ1v) is 6.87. The van der Waals surface area contributed by atoms with Crippen LogP contribution >= 0.6 is 0 Å². The van der Waals surface area contributed by atoms with Crippen LogP contribution in [0.3, 0.4) is 0 Å². The molecule has 0 bridgehead atoms. The lowest BCUT2D eigenvalue weighted by Gasteiger charge is -2.23. The molecule has 1 saturated carbocycles. The molecule has 1 aromatic rings. The lowest BCUT2D eigenvalue weighted by atomic mass is 9.92. The van der Waals surface area contributed by atoms with E-state index in [1.165, 1.54) is 16.0 Å². The SMILES string of the molecule is Cc1ccccc1C1CC2CN(C(N)=O)C(O)C2C1. The van der Waals surface area contributed by atoms with Crippen LogP contribution in [0.4, 0.5) is 4.79 Å². The summed E-state index contributed by atoms with van der Waals surface area (Å²) in [6, 6.07) is 7.93. The maximum atomic E-state index is 11.2. The van der Waals surface area contributed by atoms with Crippen molar-refractivity contribution >= 4 is 6.03 Å². The molecule has 3 N–H and O–H groups in total. The molecule has 2 fully saturated rings. The van der Waals surface area contributed by atoms with Crippen molar-refractivity contribution in [3.63, 3.8) is 0 Å². The number of hydrogen-bond donors (Lipinski definition) is 2. The molecule has 0 aromatic heterocycles. The normalized spacial score (nSPS) is 33.5. The van der Waals surface area contributed by atoms with E-state index < -0.39 is 12.3 Å². The summed E-state index contributed by atoms with van der Waals surface area (Å²) in [7, 11) is 0. The highest BCUT2D eigenvalue weighted by atomic mass is 16.3. The maximum absolute atomic E-state index is 11.2. The molecule has 1 aliphatic carbocycles. The summed E-state index contributed by atoms with van der Waals surface area (Å²) in [5.74, 6) is 1.06. The van der Waals surface area contributed by atoms with Gasteiger partial charge in [0.15, 0.2) is 0 Å². The molecule has 19 heavy (non-hydrogen) atoms. The van der Waals surface area contributed by atoms with Gasteiger partial charge in [0, 0.05) is 12.5 Å². The van der Waals surface area contributed by atoms with Crippen molar-refractivity contribution in [2.75, 3.05) is 6.54 Å². The summed E-state index contributed by atoms with van der Waals surface area (Å²) >= 11 is 0. The Kier molecular flexibility index (Phi) is 2.97. The molecule has 102 valence electrons. The lowest BCUT2D eigenvalue weighted by Crippen LogP contribution is -2.41.